The Morgan fingerprint density at radius 3 is 2.75 bits per heavy atom. The molecule has 3 unspecified atom stereocenters. The molecule has 1 saturated heterocycles. The summed E-state index contributed by atoms with van der Waals surface area (Å²) in [5.41, 5.74) is 0.762. The third-order valence-electron chi connectivity index (χ3n) is 4.81. The summed E-state index contributed by atoms with van der Waals surface area (Å²) in [6.45, 7) is 2.83. The number of carbonyl (C=O) groups is 2. The Labute approximate surface area is 120 Å². The van der Waals surface area contributed by atoms with Gasteiger partial charge < -0.3 is 4.90 Å². The third kappa shape index (κ3) is 2.37. The summed E-state index contributed by atoms with van der Waals surface area (Å²) < 4.78 is 0. The molecule has 0 N–H and O–H groups in total. The fraction of sp³-hybridized carbons (Fsp3) is 0.529. The van der Waals surface area contributed by atoms with E-state index in [9.17, 15) is 9.59 Å². The van der Waals surface area contributed by atoms with Crippen molar-refractivity contribution >= 4 is 11.7 Å². The molecule has 1 aliphatic carbocycles. The monoisotopic (exact) mass is 271 g/mol. The number of carbonyl (C=O) groups excluding carboxylic acids is 2. The minimum atomic E-state index is 0.0976. The molecule has 20 heavy (non-hydrogen) atoms. The zero-order valence-corrected chi connectivity index (χ0v) is 11.9. The molecule has 0 spiro atoms. The van der Waals surface area contributed by atoms with Gasteiger partial charge in [-0.2, -0.15) is 0 Å². The van der Waals surface area contributed by atoms with Gasteiger partial charge in [0.1, 0.15) is 5.78 Å². The van der Waals surface area contributed by atoms with Crippen LogP contribution in [0.3, 0.4) is 0 Å². The van der Waals surface area contributed by atoms with E-state index in [-0.39, 0.29) is 17.9 Å². The van der Waals surface area contributed by atoms with Crippen molar-refractivity contribution in [3.63, 3.8) is 0 Å². The van der Waals surface area contributed by atoms with E-state index in [2.05, 4.69) is 0 Å². The Kier molecular flexibility index (Phi) is 3.60. The van der Waals surface area contributed by atoms with Crippen molar-refractivity contribution in [2.75, 3.05) is 6.54 Å². The number of nitrogens with zero attached hydrogens (tertiary/aromatic N) is 1. The molecule has 0 aromatic heterocycles. The molecule has 3 heteroatoms. The molecule has 106 valence electrons. The van der Waals surface area contributed by atoms with Gasteiger partial charge in [-0.1, -0.05) is 25.1 Å². The average molecular weight is 271 g/mol. The van der Waals surface area contributed by atoms with Crippen LogP contribution < -0.4 is 0 Å². The van der Waals surface area contributed by atoms with E-state index >= 15 is 0 Å². The Balaban J connectivity index is 1.82. The minimum absolute atomic E-state index is 0.0976. The first-order valence-corrected chi connectivity index (χ1v) is 7.55. The van der Waals surface area contributed by atoms with Gasteiger partial charge in [0.15, 0.2) is 0 Å². The maximum absolute atomic E-state index is 12.7. The Morgan fingerprint density at radius 2 is 2.00 bits per heavy atom. The van der Waals surface area contributed by atoms with Gasteiger partial charge in [0.25, 0.3) is 5.91 Å². The van der Waals surface area contributed by atoms with Crippen molar-refractivity contribution in [3.05, 3.63) is 35.9 Å². The molecule has 0 radical (unpaired) electrons. The molecule has 2 fully saturated rings. The summed E-state index contributed by atoms with van der Waals surface area (Å²) in [7, 11) is 0. The topological polar surface area (TPSA) is 37.4 Å². The molecule has 2 aliphatic rings. The highest BCUT2D eigenvalue weighted by atomic mass is 16.2. The smallest absolute Gasteiger partial charge is 0.254 e. The summed E-state index contributed by atoms with van der Waals surface area (Å²) in [6, 6.07) is 9.75. The second kappa shape index (κ2) is 5.39. The largest absolute Gasteiger partial charge is 0.335 e. The van der Waals surface area contributed by atoms with E-state index in [1.165, 1.54) is 0 Å². The maximum Gasteiger partial charge on any atom is 0.254 e. The summed E-state index contributed by atoms with van der Waals surface area (Å²) in [5.74, 6) is 0.975. The lowest BCUT2D eigenvalue weighted by Crippen LogP contribution is -2.52. The first-order chi connectivity index (χ1) is 9.66. The van der Waals surface area contributed by atoms with Crippen LogP contribution in [0.5, 0.6) is 0 Å². The lowest BCUT2D eigenvalue weighted by molar-refractivity contribution is -0.128. The highest BCUT2D eigenvalue weighted by Gasteiger charge is 2.41. The van der Waals surface area contributed by atoms with Crippen LogP contribution in [0.1, 0.15) is 43.0 Å². The second-order valence-corrected chi connectivity index (χ2v) is 6.14. The van der Waals surface area contributed by atoms with E-state index in [1.54, 1.807) is 0 Å². The number of benzene rings is 1. The molecular weight excluding hydrogens is 250 g/mol. The van der Waals surface area contributed by atoms with Gasteiger partial charge >= 0.3 is 0 Å². The molecular formula is C17H21NO2. The predicted octanol–water partition coefficient (Wildman–Crippen LogP) is 2.91. The average Bonchev–Trinajstić information content (AvgIpc) is 2.48. The highest BCUT2D eigenvalue weighted by Crippen LogP contribution is 2.36. The Morgan fingerprint density at radius 1 is 1.25 bits per heavy atom. The zero-order chi connectivity index (χ0) is 14.1. The number of rotatable bonds is 1. The van der Waals surface area contributed by atoms with Gasteiger partial charge in [-0.3, -0.25) is 9.59 Å². The number of fused-ring (bicyclic) bond motifs is 1. The number of hydrogen-bond donors (Lipinski definition) is 0. The van der Waals surface area contributed by atoms with Crippen LogP contribution in [-0.4, -0.2) is 29.2 Å². The van der Waals surface area contributed by atoms with Gasteiger partial charge in [-0.15, -0.1) is 0 Å². The number of likely N-dealkylation sites (tertiary alicyclic amines) is 1. The molecule has 1 aromatic rings. The van der Waals surface area contributed by atoms with E-state index < -0.39 is 0 Å². The predicted molar refractivity (Wildman–Crippen MR) is 77.4 cm³/mol. The molecule has 3 rings (SSSR count). The van der Waals surface area contributed by atoms with Gasteiger partial charge in [-0.25, -0.2) is 0 Å². The number of Topliss-reactive ketones (excluding diaryl/α,β-unsaturated/α-hetero) is 1. The Hall–Kier alpha value is -1.64. The quantitative estimate of drug-likeness (QED) is 0.787. The first kappa shape index (κ1) is 13.3. The fourth-order valence-electron chi connectivity index (χ4n) is 3.65. The van der Waals surface area contributed by atoms with Crippen LogP contribution >= 0.6 is 0 Å². The van der Waals surface area contributed by atoms with Crippen LogP contribution in [0.25, 0.3) is 0 Å². The summed E-state index contributed by atoms with van der Waals surface area (Å²) in [4.78, 5) is 26.6. The molecule has 3 atom stereocenters. The van der Waals surface area contributed by atoms with Crippen molar-refractivity contribution in [1.82, 2.24) is 4.90 Å². The van der Waals surface area contributed by atoms with Crippen LogP contribution in [0.15, 0.2) is 30.3 Å². The van der Waals surface area contributed by atoms with Crippen LogP contribution in [0, 0.1) is 11.8 Å². The number of amides is 1. The van der Waals surface area contributed by atoms with Gasteiger partial charge in [0.05, 0.1) is 0 Å². The lowest BCUT2D eigenvalue weighted by atomic mass is 9.73. The maximum atomic E-state index is 12.7. The van der Waals surface area contributed by atoms with Gasteiger partial charge in [0.2, 0.25) is 0 Å². The van der Waals surface area contributed by atoms with Crippen LogP contribution in [-0.2, 0) is 4.79 Å². The Bertz CT molecular complexity index is 511. The molecule has 1 amide bonds. The zero-order valence-electron chi connectivity index (χ0n) is 11.9. The lowest BCUT2D eigenvalue weighted by Gasteiger charge is -2.45. The van der Waals surface area contributed by atoms with Crippen LogP contribution in [0.2, 0.25) is 0 Å². The normalized spacial score (nSPS) is 29.9. The molecule has 1 aromatic carbocycles. The number of hydrogen-bond acceptors (Lipinski definition) is 2. The van der Waals surface area contributed by atoms with Crippen molar-refractivity contribution in [3.8, 4) is 0 Å². The highest BCUT2D eigenvalue weighted by molar-refractivity contribution is 5.94. The molecule has 1 aliphatic heterocycles. The summed E-state index contributed by atoms with van der Waals surface area (Å²) in [5, 5.41) is 0. The van der Waals surface area contributed by atoms with Crippen molar-refractivity contribution < 1.29 is 9.59 Å². The van der Waals surface area contributed by atoms with E-state index in [0.29, 0.717) is 18.1 Å². The van der Waals surface area contributed by atoms with Crippen molar-refractivity contribution in [2.24, 2.45) is 11.8 Å². The SMILES string of the molecule is CC1CC2C(CCCN2C(=O)c2ccccc2)CC1=O. The summed E-state index contributed by atoms with van der Waals surface area (Å²) >= 11 is 0. The second-order valence-electron chi connectivity index (χ2n) is 6.14. The third-order valence-corrected chi connectivity index (χ3v) is 4.81. The van der Waals surface area contributed by atoms with Crippen molar-refractivity contribution in [1.29, 1.82) is 0 Å². The van der Waals surface area contributed by atoms with E-state index in [1.807, 2.05) is 42.2 Å². The first-order valence-electron chi connectivity index (χ1n) is 7.55. The molecule has 0 bridgehead atoms. The molecule has 1 heterocycles. The van der Waals surface area contributed by atoms with Gasteiger partial charge in [-0.05, 0) is 37.3 Å². The van der Waals surface area contributed by atoms with Crippen LogP contribution in [0.4, 0.5) is 0 Å². The minimum Gasteiger partial charge on any atom is -0.335 e. The van der Waals surface area contributed by atoms with Gasteiger partial charge in [0, 0.05) is 30.5 Å². The van der Waals surface area contributed by atoms with Crippen molar-refractivity contribution in [2.45, 2.75) is 38.6 Å². The molecule has 3 nitrogen and oxygen atoms in total. The summed E-state index contributed by atoms with van der Waals surface area (Å²) in [6.07, 6.45) is 3.59. The molecule has 1 saturated carbocycles. The van der Waals surface area contributed by atoms with E-state index in [4.69, 9.17) is 0 Å². The number of piperidine rings is 1. The van der Waals surface area contributed by atoms with E-state index in [0.717, 1.165) is 31.4 Å². The standard InChI is InChI=1S/C17H21NO2/c1-12-10-15-14(11-16(12)19)8-5-9-18(15)17(20)13-6-3-2-4-7-13/h2-4,6-7,12,14-15H,5,8-11H2,1H3. The fourth-order valence-corrected chi connectivity index (χ4v) is 3.65. The number of ketones is 1.